The zero-order valence-corrected chi connectivity index (χ0v) is 12.1. The van der Waals surface area contributed by atoms with E-state index in [2.05, 4.69) is 0 Å². The van der Waals surface area contributed by atoms with Gasteiger partial charge in [0, 0.05) is 18.0 Å². The maximum atomic E-state index is 12.5. The molecule has 1 aromatic rings. The molecule has 1 unspecified atom stereocenters. The summed E-state index contributed by atoms with van der Waals surface area (Å²) in [5.74, 6) is -1.93. The second-order valence-corrected chi connectivity index (χ2v) is 5.84. The summed E-state index contributed by atoms with van der Waals surface area (Å²) < 4.78 is 0. The Morgan fingerprint density at radius 2 is 2.05 bits per heavy atom. The maximum absolute atomic E-state index is 12.5. The number of nitrogens with two attached hydrogens (primary N) is 1. The van der Waals surface area contributed by atoms with Crippen LogP contribution in [-0.4, -0.2) is 46.6 Å². The van der Waals surface area contributed by atoms with E-state index in [1.54, 1.807) is 29.2 Å². The monoisotopic (exact) mass is 308 g/mol. The highest BCUT2D eigenvalue weighted by Gasteiger charge is 2.31. The van der Waals surface area contributed by atoms with Gasteiger partial charge < -0.3 is 15.7 Å². The number of hydrogen-bond acceptors (Lipinski definition) is 4. The van der Waals surface area contributed by atoms with E-state index < -0.39 is 17.8 Å². The summed E-state index contributed by atoms with van der Waals surface area (Å²) in [6, 6.07) is 6.96. The number of hydrogen-bond donors (Lipinski definition) is 2. The second kappa shape index (κ2) is 6.62. The third-order valence-electron chi connectivity index (χ3n) is 3.31. The number of carboxylic acids is 1. The van der Waals surface area contributed by atoms with Crippen molar-refractivity contribution in [2.24, 2.45) is 11.7 Å². The molecule has 7 heteroatoms. The molecule has 21 heavy (non-hydrogen) atoms. The van der Waals surface area contributed by atoms with Gasteiger partial charge >= 0.3 is 5.97 Å². The lowest BCUT2D eigenvalue weighted by Gasteiger charge is -2.17. The van der Waals surface area contributed by atoms with Crippen molar-refractivity contribution in [3.8, 4) is 0 Å². The van der Waals surface area contributed by atoms with E-state index in [0.29, 0.717) is 23.4 Å². The van der Waals surface area contributed by atoms with Crippen molar-refractivity contribution in [2.45, 2.75) is 11.3 Å². The van der Waals surface area contributed by atoms with E-state index in [0.717, 1.165) is 0 Å². The number of thioether (sulfide) groups is 1. The van der Waals surface area contributed by atoms with Crippen LogP contribution in [0.3, 0.4) is 0 Å². The molecule has 112 valence electrons. The smallest absolute Gasteiger partial charge is 0.308 e. The first-order chi connectivity index (χ1) is 9.99. The Morgan fingerprint density at radius 1 is 1.33 bits per heavy atom. The first kappa shape index (κ1) is 15.4. The summed E-state index contributed by atoms with van der Waals surface area (Å²) in [5.41, 5.74) is 5.60. The molecule has 1 aliphatic heterocycles. The van der Waals surface area contributed by atoms with Crippen molar-refractivity contribution < 1.29 is 19.5 Å². The minimum Gasteiger partial charge on any atom is -0.481 e. The average Bonchev–Trinajstić information content (AvgIpc) is 2.94. The second-order valence-electron chi connectivity index (χ2n) is 4.83. The number of carbonyl (C=O) groups excluding carboxylic acids is 2. The van der Waals surface area contributed by atoms with Gasteiger partial charge in [-0.15, -0.1) is 11.8 Å². The van der Waals surface area contributed by atoms with Crippen LogP contribution in [0.5, 0.6) is 0 Å². The predicted molar refractivity (Wildman–Crippen MR) is 78.0 cm³/mol. The van der Waals surface area contributed by atoms with Crippen LogP contribution in [0.2, 0.25) is 0 Å². The largest absolute Gasteiger partial charge is 0.481 e. The van der Waals surface area contributed by atoms with Gasteiger partial charge in [0.1, 0.15) is 0 Å². The van der Waals surface area contributed by atoms with Gasteiger partial charge in [-0.1, -0.05) is 12.1 Å². The van der Waals surface area contributed by atoms with E-state index in [-0.39, 0.29) is 18.2 Å². The molecule has 0 spiro atoms. The van der Waals surface area contributed by atoms with Crippen molar-refractivity contribution in [3.05, 3.63) is 29.8 Å². The predicted octanol–water partition coefficient (Wildman–Crippen LogP) is 0.811. The lowest BCUT2D eigenvalue weighted by molar-refractivity contribution is -0.141. The molecule has 1 fully saturated rings. The zero-order valence-electron chi connectivity index (χ0n) is 11.3. The van der Waals surface area contributed by atoms with E-state index in [1.807, 2.05) is 0 Å². The van der Waals surface area contributed by atoms with E-state index in [9.17, 15) is 14.4 Å². The van der Waals surface area contributed by atoms with Crippen molar-refractivity contribution in [3.63, 3.8) is 0 Å². The minimum absolute atomic E-state index is 0.0993. The van der Waals surface area contributed by atoms with E-state index >= 15 is 0 Å². The van der Waals surface area contributed by atoms with Gasteiger partial charge in [-0.2, -0.15) is 0 Å². The molecular formula is C14H16N2O4S. The van der Waals surface area contributed by atoms with Crippen molar-refractivity contribution in [1.29, 1.82) is 0 Å². The number of nitrogens with zero attached hydrogens (tertiary/aromatic N) is 1. The van der Waals surface area contributed by atoms with Crippen LogP contribution in [0.4, 0.5) is 0 Å². The van der Waals surface area contributed by atoms with Gasteiger partial charge in [0.15, 0.2) is 0 Å². The first-order valence-corrected chi connectivity index (χ1v) is 7.50. The van der Waals surface area contributed by atoms with Gasteiger partial charge in [-0.3, -0.25) is 14.4 Å². The number of aliphatic carboxylic acids is 1. The van der Waals surface area contributed by atoms with Crippen LogP contribution in [0.25, 0.3) is 0 Å². The molecule has 1 aliphatic rings. The molecule has 2 rings (SSSR count). The van der Waals surface area contributed by atoms with Gasteiger partial charge in [0.2, 0.25) is 5.91 Å². The van der Waals surface area contributed by atoms with Crippen molar-refractivity contribution in [2.75, 3.05) is 18.8 Å². The van der Waals surface area contributed by atoms with Crippen LogP contribution in [0.15, 0.2) is 29.2 Å². The van der Waals surface area contributed by atoms with E-state index in [4.69, 9.17) is 10.8 Å². The molecule has 0 saturated carbocycles. The van der Waals surface area contributed by atoms with Gasteiger partial charge in [-0.25, -0.2) is 0 Å². The molecule has 0 radical (unpaired) electrons. The molecule has 1 atom stereocenters. The van der Waals surface area contributed by atoms with Gasteiger partial charge in [-0.05, 0) is 18.6 Å². The number of amides is 2. The Balaban J connectivity index is 2.12. The van der Waals surface area contributed by atoms with E-state index in [1.165, 1.54) is 11.8 Å². The molecular weight excluding hydrogens is 292 g/mol. The first-order valence-electron chi connectivity index (χ1n) is 6.51. The minimum atomic E-state index is -0.873. The molecule has 1 saturated heterocycles. The fourth-order valence-electron chi connectivity index (χ4n) is 2.23. The molecule has 0 aliphatic carbocycles. The number of benzene rings is 1. The maximum Gasteiger partial charge on any atom is 0.308 e. The van der Waals surface area contributed by atoms with Crippen LogP contribution in [0.1, 0.15) is 16.8 Å². The number of primary amides is 1. The fraction of sp³-hybridized carbons (Fsp3) is 0.357. The molecule has 0 aromatic heterocycles. The Morgan fingerprint density at radius 3 is 2.67 bits per heavy atom. The summed E-state index contributed by atoms with van der Waals surface area (Å²) in [5, 5.41) is 8.99. The Labute approximate surface area is 126 Å². The molecule has 3 N–H and O–H groups in total. The summed E-state index contributed by atoms with van der Waals surface area (Å²) >= 11 is 1.21. The number of carboxylic acid groups (broad SMARTS) is 1. The van der Waals surface area contributed by atoms with Gasteiger partial charge in [0.05, 0.1) is 17.2 Å². The van der Waals surface area contributed by atoms with Crippen LogP contribution in [0, 0.1) is 5.92 Å². The number of likely N-dealkylation sites (tertiary alicyclic amines) is 1. The summed E-state index contributed by atoms with van der Waals surface area (Å²) in [6.07, 6.45) is 0.470. The lowest BCUT2D eigenvalue weighted by Crippen LogP contribution is -2.30. The summed E-state index contributed by atoms with van der Waals surface area (Å²) in [4.78, 5) is 36.5. The number of rotatable bonds is 5. The quantitative estimate of drug-likeness (QED) is 0.784. The molecule has 2 amide bonds. The number of carbonyl (C=O) groups is 3. The van der Waals surface area contributed by atoms with Crippen molar-refractivity contribution in [1.82, 2.24) is 4.90 Å². The highest BCUT2D eigenvalue weighted by molar-refractivity contribution is 8.00. The normalized spacial score (nSPS) is 17.7. The third-order valence-corrected chi connectivity index (χ3v) is 4.41. The topological polar surface area (TPSA) is 101 Å². The SMILES string of the molecule is NC(=O)CSc1ccccc1C(=O)N1CCC(C(=O)O)C1. The summed E-state index contributed by atoms with van der Waals surface area (Å²) in [7, 11) is 0. The van der Waals surface area contributed by atoms with Crippen molar-refractivity contribution >= 4 is 29.5 Å². The fourth-order valence-corrected chi connectivity index (χ4v) is 3.02. The molecule has 1 heterocycles. The highest BCUT2D eigenvalue weighted by atomic mass is 32.2. The molecule has 1 aromatic carbocycles. The average molecular weight is 308 g/mol. The molecule has 6 nitrogen and oxygen atoms in total. The standard InChI is InChI=1S/C14H16N2O4S/c15-12(17)8-21-11-4-2-1-3-10(11)13(18)16-6-5-9(7-16)14(19)20/h1-4,9H,5-8H2,(H2,15,17)(H,19,20). The Hall–Kier alpha value is -2.02. The molecule has 0 bridgehead atoms. The van der Waals surface area contributed by atoms with Gasteiger partial charge in [0.25, 0.3) is 5.91 Å². The Kier molecular flexibility index (Phi) is 4.85. The summed E-state index contributed by atoms with van der Waals surface area (Å²) in [6.45, 7) is 0.660. The van der Waals surface area contributed by atoms with Crippen LogP contribution >= 0.6 is 11.8 Å². The third kappa shape index (κ3) is 3.75. The lowest BCUT2D eigenvalue weighted by atomic mass is 10.1. The zero-order chi connectivity index (χ0) is 15.4. The van der Waals surface area contributed by atoms with Crippen LogP contribution < -0.4 is 5.73 Å². The highest BCUT2D eigenvalue weighted by Crippen LogP contribution is 2.26. The van der Waals surface area contributed by atoms with Crippen LogP contribution in [-0.2, 0) is 9.59 Å². The Bertz CT molecular complexity index is 576.